The molecule has 0 radical (unpaired) electrons. The van der Waals surface area contributed by atoms with E-state index in [-0.39, 0.29) is 25.9 Å². The summed E-state index contributed by atoms with van der Waals surface area (Å²) in [6.45, 7) is 5.81. The highest BCUT2D eigenvalue weighted by Gasteiger charge is 2.50. The Hall–Kier alpha value is -4.10. The molecule has 6 unspecified atom stereocenters. The highest BCUT2D eigenvalue weighted by atomic mass is 16.7. The molecule has 1 rings (SSSR count). The van der Waals surface area contributed by atoms with Gasteiger partial charge in [-0.1, -0.05) is 215 Å². The molecule has 3 N–H and O–H groups in total. The van der Waals surface area contributed by atoms with Crippen LogP contribution in [0.5, 0.6) is 0 Å². The summed E-state index contributed by atoms with van der Waals surface area (Å²) in [4.78, 5) is 51.2. The molecule has 0 aromatic heterocycles. The van der Waals surface area contributed by atoms with E-state index in [0.717, 1.165) is 116 Å². The normalized spacial score (nSPS) is 18.4. The molecule has 1 aliphatic heterocycles. The van der Waals surface area contributed by atoms with E-state index >= 15 is 0 Å². The summed E-state index contributed by atoms with van der Waals surface area (Å²) in [5.74, 6) is -3.17. The van der Waals surface area contributed by atoms with E-state index in [1.165, 1.54) is 89.9 Å². The van der Waals surface area contributed by atoms with E-state index in [1.54, 1.807) is 0 Å². The number of carboxylic acids is 1. The van der Waals surface area contributed by atoms with Crippen molar-refractivity contribution < 1.29 is 58.2 Å². The molecule has 1 heterocycles. The van der Waals surface area contributed by atoms with Gasteiger partial charge < -0.3 is 39.0 Å². The van der Waals surface area contributed by atoms with Crippen LogP contribution < -0.4 is 0 Å². The van der Waals surface area contributed by atoms with Crippen LogP contribution in [-0.4, -0.2) is 89.2 Å². The van der Waals surface area contributed by atoms with Crippen molar-refractivity contribution in [3.63, 3.8) is 0 Å². The number of aliphatic hydroxyl groups excluding tert-OH is 2. The quantitative estimate of drug-likeness (QED) is 0.0228. The van der Waals surface area contributed by atoms with Crippen LogP contribution in [0.15, 0.2) is 85.1 Å². The van der Waals surface area contributed by atoms with Crippen molar-refractivity contribution in [3.05, 3.63) is 85.1 Å². The van der Waals surface area contributed by atoms with Gasteiger partial charge in [0.2, 0.25) is 0 Å². The summed E-state index contributed by atoms with van der Waals surface area (Å²) >= 11 is 0. The lowest BCUT2D eigenvalue weighted by Crippen LogP contribution is -2.61. The highest BCUT2D eigenvalue weighted by molar-refractivity contribution is 5.74. The molecule has 0 aliphatic carbocycles. The topological polar surface area (TPSA) is 175 Å². The number of carbonyl (C=O) groups excluding carboxylic acids is 3. The van der Waals surface area contributed by atoms with Gasteiger partial charge in [-0.2, -0.15) is 0 Å². The van der Waals surface area contributed by atoms with Gasteiger partial charge in [0.05, 0.1) is 6.61 Å². The lowest BCUT2D eigenvalue weighted by atomic mass is 9.98. The number of esters is 3. The third kappa shape index (κ3) is 44.3. The third-order valence-corrected chi connectivity index (χ3v) is 13.9. The molecule has 6 atom stereocenters. The number of aliphatic hydroxyl groups is 2. The zero-order valence-corrected chi connectivity index (χ0v) is 49.8. The van der Waals surface area contributed by atoms with Crippen LogP contribution in [0.25, 0.3) is 0 Å². The SMILES string of the molecule is CC/C=C\C/C=C\C/C=C\CCCCCC(=O)OC(COC(=O)CCCCCCCCC/C=C\C/C=C\CCCCC)COC1OC(C(=O)O)C(O)C(O)C1OC(=O)CCCCCCCCCCC/C=C\C/C=C\CCCCC. The molecule has 1 fully saturated rings. The molecule has 1 aliphatic rings. The number of hydrogen-bond donors (Lipinski definition) is 3. The van der Waals surface area contributed by atoms with Crippen molar-refractivity contribution in [1.82, 2.24) is 0 Å². The average Bonchev–Trinajstić information content (AvgIpc) is 3.43. The Labute approximate surface area is 480 Å². The second-order valence-corrected chi connectivity index (χ2v) is 21.3. The summed E-state index contributed by atoms with van der Waals surface area (Å²) in [6.07, 6.45) is 58.3. The largest absolute Gasteiger partial charge is 0.479 e. The fourth-order valence-corrected chi connectivity index (χ4v) is 9.09. The van der Waals surface area contributed by atoms with Gasteiger partial charge in [0.1, 0.15) is 18.8 Å². The van der Waals surface area contributed by atoms with Crippen LogP contribution in [0.1, 0.15) is 265 Å². The molecule has 0 saturated carbocycles. The molecule has 79 heavy (non-hydrogen) atoms. The minimum Gasteiger partial charge on any atom is -0.479 e. The second-order valence-electron chi connectivity index (χ2n) is 21.3. The van der Waals surface area contributed by atoms with E-state index in [4.69, 9.17) is 23.7 Å². The maximum Gasteiger partial charge on any atom is 0.335 e. The number of unbranched alkanes of at least 4 members (excludes halogenated alkanes) is 25. The second kappa shape index (κ2) is 54.5. The van der Waals surface area contributed by atoms with Gasteiger partial charge in [0, 0.05) is 19.3 Å². The Balaban J connectivity index is 2.67. The number of rotatable bonds is 53. The summed E-state index contributed by atoms with van der Waals surface area (Å²) < 4.78 is 28.5. The van der Waals surface area contributed by atoms with Gasteiger partial charge in [0.25, 0.3) is 0 Å². The fourth-order valence-electron chi connectivity index (χ4n) is 9.09. The Kier molecular flexibility index (Phi) is 50.3. The first-order valence-electron chi connectivity index (χ1n) is 31.6. The van der Waals surface area contributed by atoms with Crippen molar-refractivity contribution in [2.24, 2.45) is 0 Å². The molecule has 0 amide bonds. The third-order valence-electron chi connectivity index (χ3n) is 13.9. The van der Waals surface area contributed by atoms with Gasteiger partial charge in [-0.15, -0.1) is 0 Å². The monoisotopic (exact) mass is 1110 g/mol. The number of allylic oxidation sites excluding steroid dienone is 14. The van der Waals surface area contributed by atoms with E-state index < -0.39 is 67.3 Å². The molecule has 0 bridgehead atoms. The van der Waals surface area contributed by atoms with Crippen molar-refractivity contribution in [2.75, 3.05) is 13.2 Å². The van der Waals surface area contributed by atoms with E-state index in [9.17, 15) is 34.5 Å². The fraction of sp³-hybridized carbons (Fsp3) is 0.731. The maximum atomic E-state index is 13.1. The Bertz CT molecular complexity index is 1700. The standard InChI is InChI=1S/C67H112O12/c1-4-7-10-13-16-19-22-25-27-29-30-32-34-37-40-43-46-49-52-55-61(70)78-65-63(72)62(71)64(66(73)74)79-67(65)76-57-58(77-60(69)54-51-48-45-42-39-35-24-21-18-15-12-9-6-3)56-75-59(68)53-50-47-44-41-38-36-33-31-28-26-23-20-17-14-11-8-5-2/h9,12,16-21,25-28,35,39,58,62-65,67,71-72H,4-8,10-11,13-15,22-24,29-34,36-38,40-57H2,1-3H3,(H,73,74)/b12-9-,19-16-,20-17-,21-18-,27-25-,28-26-,39-35-. The van der Waals surface area contributed by atoms with Gasteiger partial charge >= 0.3 is 23.9 Å². The molecular formula is C67H112O12. The number of aliphatic carboxylic acids is 1. The predicted molar refractivity (Wildman–Crippen MR) is 321 cm³/mol. The Morgan fingerprint density at radius 2 is 0.797 bits per heavy atom. The highest BCUT2D eigenvalue weighted by Crippen LogP contribution is 2.26. The summed E-state index contributed by atoms with van der Waals surface area (Å²) in [5, 5.41) is 31.6. The van der Waals surface area contributed by atoms with Crippen molar-refractivity contribution in [3.8, 4) is 0 Å². The minimum atomic E-state index is -1.91. The van der Waals surface area contributed by atoms with E-state index in [0.29, 0.717) is 19.3 Å². The van der Waals surface area contributed by atoms with E-state index in [1.807, 2.05) is 0 Å². The van der Waals surface area contributed by atoms with Gasteiger partial charge in [-0.05, 0) is 116 Å². The molecule has 1 saturated heterocycles. The van der Waals surface area contributed by atoms with Crippen LogP contribution in [0.2, 0.25) is 0 Å². The van der Waals surface area contributed by atoms with Gasteiger partial charge in [-0.25, -0.2) is 4.79 Å². The van der Waals surface area contributed by atoms with Crippen LogP contribution in [-0.2, 0) is 42.9 Å². The van der Waals surface area contributed by atoms with Gasteiger partial charge in [-0.3, -0.25) is 14.4 Å². The lowest BCUT2D eigenvalue weighted by molar-refractivity contribution is -0.301. The molecule has 0 aromatic rings. The molecule has 0 spiro atoms. The molecular weight excluding hydrogens is 997 g/mol. The van der Waals surface area contributed by atoms with Crippen molar-refractivity contribution >= 4 is 23.9 Å². The van der Waals surface area contributed by atoms with Crippen LogP contribution >= 0.6 is 0 Å². The van der Waals surface area contributed by atoms with Crippen LogP contribution in [0.4, 0.5) is 0 Å². The van der Waals surface area contributed by atoms with Crippen molar-refractivity contribution in [2.45, 2.75) is 302 Å². The predicted octanol–water partition coefficient (Wildman–Crippen LogP) is 16.7. The molecule has 452 valence electrons. The smallest absolute Gasteiger partial charge is 0.335 e. The summed E-state index contributed by atoms with van der Waals surface area (Å²) in [6, 6.07) is 0. The number of carbonyl (C=O) groups is 4. The van der Waals surface area contributed by atoms with Crippen molar-refractivity contribution in [1.29, 1.82) is 0 Å². The Morgan fingerprint density at radius 3 is 1.23 bits per heavy atom. The Morgan fingerprint density at radius 1 is 0.430 bits per heavy atom. The first-order valence-corrected chi connectivity index (χ1v) is 31.6. The zero-order chi connectivity index (χ0) is 57.5. The van der Waals surface area contributed by atoms with E-state index in [2.05, 4.69) is 106 Å². The number of ether oxygens (including phenoxy) is 5. The first-order chi connectivity index (χ1) is 38.6. The number of hydrogen-bond acceptors (Lipinski definition) is 11. The maximum absolute atomic E-state index is 13.1. The number of carboxylic acid groups (broad SMARTS) is 1. The molecule has 12 nitrogen and oxygen atoms in total. The van der Waals surface area contributed by atoms with Gasteiger partial charge in [0.15, 0.2) is 24.6 Å². The minimum absolute atomic E-state index is 0.0488. The summed E-state index contributed by atoms with van der Waals surface area (Å²) in [5.41, 5.74) is 0. The lowest BCUT2D eigenvalue weighted by Gasteiger charge is -2.40. The molecule has 12 heteroatoms. The zero-order valence-electron chi connectivity index (χ0n) is 49.8. The first kappa shape index (κ1) is 72.9. The van der Waals surface area contributed by atoms with Crippen LogP contribution in [0, 0.1) is 0 Å². The molecule has 0 aromatic carbocycles. The summed E-state index contributed by atoms with van der Waals surface area (Å²) in [7, 11) is 0. The van der Waals surface area contributed by atoms with Crippen LogP contribution in [0.3, 0.4) is 0 Å². The average molecular weight is 1110 g/mol.